The zero-order chi connectivity index (χ0) is 17.3. The van der Waals surface area contributed by atoms with Gasteiger partial charge in [0.05, 0.1) is 10.9 Å². The lowest BCUT2D eigenvalue weighted by atomic mass is 10.1. The minimum atomic E-state index is -3.53. The summed E-state index contributed by atoms with van der Waals surface area (Å²) in [4.78, 5) is 0.356. The first-order valence-electron chi connectivity index (χ1n) is 8.48. The smallest absolute Gasteiger partial charge is 0.243 e. The van der Waals surface area contributed by atoms with E-state index in [4.69, 9.17) is 4.52 Å². The van der Waals surface area contributed by atoms with Gasteiger partial charge in [-0.15, -0.1) is 0 Å². The second kappa shape index (κ2) is 6.69. The number of nitrogens with zero attached hydrogens (tertiary/aromatic N) is 2. The highest BCUT2D eigenvalue weighted by Crippen LogP contribution is 2.36. The molecular weight excluding hydrogens is 324 g/mol. The Balaban J connectivity index is 1.92. The Morgan fingerprint density at radius 1 is 1.25 bits per heavy atom. The van der Waals surface area contributed by atoms with E-state index in [2.05, 4.69) is 12.1 Å². The fraction of sp³-hybridized carbons (Fsp3) is 0.500. The van der Waals surface area contributed by atoms with Gasteiger partial charge in [0, 0.05) is 19.0 Å². The van der Waals surface area contributed by atoms with E-state index in [9.17, 15) is 8.42 Å². The molecule has 2 heterocycles. The van der Waals surface area contributed by atoms with E-state index in [0.717, 1.165) is 48.3 Å². The van der Waals surface area contributed by atoms with Crippen LogP contribution in [0.1, 0.15) is 54.8 Å². The summed E-state index contributed by atoms with van der Waals surface area (Å²) in [7, 11) is -3.53. The van der Waals surface area contributed by atoms with Gasteiger partial charge >= 0.3 is 0 Å². The molecule has 1 aromatic carbocycles. The van der Waals surface area contributed by atoms with Crippen molar-refractivity contribution in [3.63, 3.8) is 0 Å². The number of sulfonamides is 1. The second-order valence-electron chi connectivity index (χ2n) is 6.49. The van der Waals surface area contributed by atoms with Gasteiger partial charge in [-0.05, 0) is 56.4 Å². The molecule has 0 bridgehead atoms. The Labute approximate surface area is 143 Å². The highest BCUT2D eigenvalue weighted by molar-refractivity contribution is 7.89. The van der Waals surface area contributed by atoms with Crippen molar-refractivity contribution in [3.8, 4) is 0 Å². The first-order chi connectivity index (χ1) is 11.4. The van der Waals surface area contributed by atoms with Crippen LogP contribution in [0.3, 0.4) is 0 Å². The van der Waals surface area contributed by atoms with Crippen molar-refractivity contribution in [1.29, 1.82) is 0 Å². The summed E-state index contributed by atoms with van der Waals surface area (Å²) in [6.45, 7) is 6.52. The number of benzene rings is 1. The van der Waals surface area contributed by atoms with Crippen molar-refractivity contribution in [2.75, 3.05) is 6.54 Å². The third-order valence-corrected chi connectivity index (χ3v) is 6.61. The number of aryl methyl sites for hydroxylation is 3. The maximum absolute atomic E-state index is 13.1. The molecule has 1 saturated heterocycles. The monoisotopic (exact) mass is 348 g/mol. The molecule has 0 aliphatic carbocycles. The summed E-state index contributed by atoms with van der Waals surface area (Å²) in [5, 5.41) is 4.12. The lowest BCUT2D eigenvalue weighted by Crippen LogP contribution is -2.31. The van der Waals surface area contributed by atoms with Gasteiger partial charge in [-0.1, -0.05) is 18.1 Å². The zero-order valence-electron chi connectivity index (χ0n) is 14.4. The van der Waals surface area contributed by atoms with Crippen LogP contribution < -0.4 is 0 Å². The van der Waals surface area contributed by atoms with Gasteiger partial charge in [0.25, 0.3) is 0 Å². The molecule has 0 amide bonds. The zero-order valence-corrected chi connectivity index (χ0v) is 15.3. The number of hydrogen-bond acceptors (Lipinski definition) is 4. The number of aromatic nitrogens is 1. The summed E-state index contributed by atoms with van der Waals surface area (Å²) in [6, 6.07) is 6.99. The third kappa shape index (κ3) is 3.13. The molecule has 1 atom stereocenters. The Morgan fingerprint density at radius 2 is 2.04 bits per heavy atom. The molecule has 3 rings (SSSR count). The first kappa shape index (κ1) is 17.2. The Hall–Kier alpha value is -1.66. The Bertz CT molecular complexity index is 827. The predicted molar refractivity (Wildman–Crippen MR) is 92.3 cm³/mol. The second-order valence-corrected chi connectivity index (χ2v) is 8.38. The fourth-order valence-electron chi connectivity index (χ4n) is 3.18. The molecule has 0 radical (unpaired) electrons. The van der Waals surface area contributed by atoms with Crippen molar-refractivity contribution < 1.29 is 12.9 Å². The highest BCUT2D eigenvalue weighted by atomic mass is 32.2. The van der Waals surface area contributed by atoms with Crippen LogP contribution >= 0.6 is 0 Å². The molecule has 6 heteroatoms. The quantitative estimate of drug-likeness (QED) is 0.825. The largest absolute Gasteiger partial charge is 0.361 e. The maximum Gasteiger partial charge on any atom is 0.243 e. The van der Waals surface area contributed by atoms with Crippen LogP contribution in [-0.2, 0) is 16.4 Å². The normalized spacial score (nSPS) is 19.0. The van der Waals surface area contributed by atoms with Gasteiger partial charge in [0.1, 0.15) is 11.5 Å². The van der Waals surface area contributed by atoms with E-state index < -0.39 is 10.0 Å². The van der Waals surface area contributed by atoms with Crippen LogP contribution in [0, 0.1) is 13.8 Å². The van der Waals surface area contributed by atoms with Crippen LogP contribution in [0.2, 0.25) is 0 Å². The molecule has 2 aromatic rings. The average Bonchev–Trinajstić information content (AvgIpc) is 3.19. The van der Waals surface area contributed by atoms with Crippen LogP contribution in [0.25, 0.3) is 0 Å². The predicted octanol–water partition coefficient (Wildman–Crippen LogP) is 3.77. The van der Waals surface area contributed by atoms with Crippen LogP contribution in [0.5, 0.6) is 0 Å². The minimum absolute atomic E-state index is 0.231. The molecule has 1 aromatic heterocycles. The van der Waals surface area contributed by atoms with Crippen molar-refractivity contribution >= 4 is 10.0 Å². The molecule has 1 aliphatic rings. The summed E-state index contributed by atoms with van der Waals surface area (Å²) >= 11 is 0. The standard InChI is InChI=1S/C18H24N2O3S/c1-4-6-15-12-17(19-23-15)18-7-5-10-20(18)24(21,22)16-9-8-13(2)14(3)11-16/h8-9,11-12,18H,4-7,10H2,1-3H3. The van der Waals surface area contributed by atoms with Gasteiger partial charge in [0.15, 0.2) is 0 Å². The van der Waals surface area contributed by atoms with Crippen molar-refractivity contribution in [3.05, 3.63) is 46.8 Å². The minimum Gasteiger partial charge on any atom is -0.361 e. The summed E-state index contributed by atoms with van der Waals surface area (Å²) in [6.07, 6.45) is 3.42. The van der Waals surface area contributed by atoms with Crippen molar-refractivity contribution in [2.45, 2.75) is 57.4 Å². The average molecular weight is 348 g/mol. The Kier molecular flexibility index (Phi) is 4.78. The van der Waals surface area contributed by atoms with Crippen LogP contribution in [0.15, 0.2) is 33.7 Å². The summed E-state index contributed by atoms with van der Waals surface area (Å²) < 4.78 is 33.1. The SMILES string of the molecule is CCCc1cc(C2CCCN2S(=O)(=O)c2ccc(C)c(C)c2)no1. The van der Waals surface area contributed by atoms with E-state index in [1.807, 2.05) is 26.0 Å². The van der Waals surface area contributed by atoms with E-state index in [1.54, 1.807) is 16.4 Å². The molecule has 0 spiro atoms. The lowest BCUT2D eigenvalue weighted by molar-refractivity contribution is 0.343. The molecule has 130 valence electrons. The third-order valence-electron chi connectivity index (χ3n) is 4.70. The first-order valence-corrected chi connectivity index (χ1v) is 9.92. The van der Waals surface area contributed by atoms with Gasteiger partial charge < -0.3 is 4.52 Å². The van der Waals surface area contributed by atoms with Gasteiger partial charge in [-0.25, -0.2) is 8.42 Å². The van der Waals surface area contributed by atoms with Crippen LogP contribution in [-0.4, -0.2) is 24.4 Å². The lowest BCUT2D eigenvalue weighted by Gasteiger charge is -2.22. The molecule has 24 heavy (non-hydrogen) atoms. The molecule has 1 fully saturated rings. The fourth-order valence-corrected chi connectivity index (χ4v) is 4.94. The van der Waals surface area contributed by atoms with E-state index in [1.165, 1.54) is 0 Å². The molecule has 1 aliphatic heterocycles. The maximum atomic E-state index is 13.1. The number of rotatable bonds is 5. The molecule has 5 nitrogen and oxygen atoms in total. The number of hydrogen-bond donors (Lipinski definition) is 0. The van der Waals surface area contributed by atoms with Crippen LogP contribution in [0.4, 0.5) is 0 Å². The topological polar surface area (TPSA) is 63.4 Å². The van der Waals surface area contributed by atoms with Gasteiger partial charge in [0.2, 0.25) is 10.0 Å². The molecule has 0 saturated carbocycles. The van der Waals surface area contributed by atoms with Crippen molar-refractivity contribution in [1.82, 2.24) is 9.46 Å². The van der Waals surface area contributed by atoms with Gasteiger partial charge in [-0.2, -0.15) is 4.31 Å². The summed E-state index contributed by atoms with van der Waals surface area (Å²) in [5.41, 5.74) is 2.80. The van der Waals surface area contributed by atoms with Crippen molar-refractivity contribution in [2.24, 2.45) is 0 Å². The van der Waals surface area contributed by atoms with E-state index in [0.29, 0.717) is 11.4 Å². The molecule has 0 N–H and O–H groups in total. The van der Waals surface area contributed by atoms with E-state index in [-0.39, 0.29) is 6.04 Å². The molecule has 1 unspecified atom stereocenters. The highest BCUT2D eigenvalue weighted by Gasteiger charge is 2.37. The van der Waals surface area contributed by atoms with E-state index >= 15 is 0 Å². The summed E-state index contributed by atoms with van der Waals surface area (Å²) in [5.74, 6) is 0.822. The Morgan fingerprint density at radius 3 is 2.75 bits per heavy atom. The van der Waals surface area contributed by atoms with Gasteiger partial charge in [-0.3, -0.25) is 0 Å². The molecular formula is C18H24N2O3S.